The smallest absolute Gasteiger partial charge is 0.114 e. The molecule has 3 heterocycles. The molecule has 4 rings (SSSR count). The van der Waals surface area contributed by atoms with Gasteiger partial charge in [-0.1, -0.05) is 34.4 Å². The Morgan fingerprint density at radius 2 is 2.14 bits per heavy atom. The second kappa shape index (κ2) is 5.70. The molecule has 0 radical (unpaired) electrons. The summed E-state index contributed by atoms with van der Waals surface area (Å²) >= 11 is 12.3. The molecule has 5 atom stereocenters. The molecule has 3 fully saturated rings. The van der Waals surface area contributed by atoms with E-state index in [1.165, 1.54) is 30.5 Å². The number of rotatable bonds is 3. The lowest BCUT2D eigenvalue weighted by molar-refractivity contribution is 0.151. The second-order valence-electron chi connectivity index (χ2n) is 6.51. The van der Waals surface area contributed by atoms with Crippen LogP contribution in [0.15, 0.2) is 23.4 Å². The number of halogens is 2. The SMILES string of the molecule is CCON=C1CN2[C@H]3CC[C@@H]2[C@@H]1[C@@H](c1ccc(Cl)c(Cl)c1)C3. The quantitative estimate of drug-likeness (QED) is 0.766. The molecule has 1 aromatic rings. The van der Waals surface area contributed by atoms with E-state index >= 15 is 0 Å². The van der Waals surface area contributed by atoms with E-state index in [2.05, 4.69) is 16.1 Å². The van der Waals surface area contributed by atoms with Gasteiger partial charge in [0.25, 0.3) is 0 Å². The van der Waals surface area contributed by atoms with Crippen molar-refractivity contribution in [2.24, 2.45) is 11.1 Å². The Morgan fingerprint density at radius 3 is 2.91 bits per heavy atom. The van der Waals surface area contributed by atoms with Gasteiger partial charge in [0.15, 0.2) is 0 Å². The summed E-state index contributed by atoms with van der Waals surface area (Å²) in [7, 11) is 0. The van der Waals surface area contributed by atoms with Gasteiger partial charge in [-0.15, -0.1) is 0 Å². The Labute approximate surface area is 141 Å². The average molecular weight is 339 g/mol. The second-order valence-corrected chi connectivity index (χ2v) is 7.33. The minimum Gasteiger partial charge on any atom is -0.396 e. The van der Waals surface area contributed by atoms with Crippen LogP contribution in [0, 0.1) is 5.92 Å². The van der Waals surface area contributed by atoms with Crippen LogP contribution in [-0.2, 0) is 4.84 Å². The van der Waals surface area contributed by atoms with Gasteiger partial charge in [-0.2, -0.15) is 0 Å². The highest BCUT2D eigenvalue weighted by atomic mass is 35.5. The molecule has 0 spiro atoms. The highest BCUT2D eigenvalue weighted by Crippen LogP contribution is 2.51. The standard InChI is InChI=1S/C17H20Cl2N2O/c1-2-22-20-15-9-21-11-4-6-16(21)17(15)12(8-11)10-3-5-13(18)14(19)7-10/h3,5,7,11-12,16-17H,2,4,6,8-9H2,1H3/t11-,12+,16+,17+/m0/s1. The van der Waals surface area contributed by atoms with Crippen molar-refractivity contribution in [2.75, 3.05) is 13.2 Å². The van der Waals surface area contributed by atoms with Gasteiger partial charge >= 0.3 is 0 Å². The van der Waals surface area contributed by atoms with E-state index in [9.17, 15) is 0 Å². The van der Waals surface area contributed by atoms with Crippen molar-refractivity contribution in [1.82, 2.24) is 4.90 Å². The van der Waals surface area contributed by atoms with Crippen molar-refractivity contribution in [3.63, 3.8) is 0 Å². The third-order valence-electron chi connectivity index (χ3n) is 5.48. The van der Waals surface area contributed by atoms with Crippen LogP contribution < -0.4 is 0 Å². The van der Waals surface area contributed by atoms with Crippen LogP contribution >= 0.6 is 23.2 Å². The molecule has 0 amide bonds. The van der Waals surface area contributed by atoms with Crippen molar-refractivity contribution < 1.29 is 4.84 Å². The van der Waals surface area contributed by atoms with Crippen molar-refractivity contribution >= 4 is 28.9 Å². The first-order valence-electron chi connectivity index (χ1n) is 8.08. The molecule has 22 heavy (non-hydrogen) atoms. The van der Waals surface area contributed by atoms with Crippen molar-refractivity contribution in [2.45, 2.75) is 44.2 Å². The lowest BCUT2D eigenvalue weighted by Crippen LogP contribution is -2.40. The summed E-state index contributed by atoms with van der Waals surface area (Å²) in [5, 5.41) is 5.71. The van der Waals surface area contributed by atoms with Crippen molar-refractivity contribution in [1.29, 1.82) is 0 Å². The predicted molar refractivity (Wildman–Crippen MR) is 89.9 cm³/mol. The zero-order chi connectivity index (χ0) is 15.3. The van der Waals surface area contributed by atoms with Crippen molar-refractivity contribution in [3.05, 3.63) is 33.8 Å². The van der Waals surface area contributed by atoms with Gasteiger partial charge in [0, 0.05) is 24.5 Å². The molecule has 0 N–H and O–H groups in total. The highest BCUT2D eigenvalue weighted by molar-refractivity contribution is 6.42. The van der Waals surface area contributed by atoms with Crippen LogP contribution in [0.4, 0.5) is 0 Å². The Hall–Kier alpha value is -0.770. The molecule has 5 heteroatoms. The fraction of sp³-hybridized carbons (Fsp3) is 0.588. The Morgan fingerprint density at radius 1 is 1.27 bits per heavy atom. The van der Waals surface area contributed by atoms with E-state index in [0.29, 0.717) is 40.6 Å². The number of nitrogens with zero attached hydrogens (tertiary/aromatic N) is 2. The van der Waals surface area contributed by atoms with E-state index in [-0.39, 0.29) is 0 Å². The fourth-order valence-electron chi connectivity index (χ4n) is 4.63. The number of benzene rings is 1. The minimum atomic E-state index is 0.461. The first-order valence-corrected chi connectivity index (χ1v) is 8.84. The highest BCUT2D eigenvalue weighted by Gasteiger charge is 2.54. The molecule has 0 aromatic heterocycles. The summed E-state index contributed by atoms with van der Waals surface area (Å²) in [6, 6.07) is 7.39. The largest absolute Gasteiger partial charge is 0.396 e. The maximum Gasteiger partial charge on any atom is 0.114 e. The first-order chi connectivity index (χ1) is 10.7. The third kappa shape index (κ3) is 2.26. The normalized spacial score (nSPS) is 37.8. The van der Waals surface area contributed by atoms with Crippen molar-refractivity contribution in [3.8, 4) is 0 Å². The van der Waals surface area contributed by atoms with Crippen LogP contribution in [0.3, 0.4) is 0 Å². The summed E-state index contributed by atoms with van der Waals surface area (Å²) in [6.07, 6.45) is 3.77. The van der Waals surface area contributed by atoms with E-state index in [0.717, 1.165) is 6.54 Å². The van der Waals surface area contributed by atoms with E-state index < -0.39 is 0 Å². The molecule has 3 aliphatic rings. The summed E-state index contributed by atoms with van der Waals surface area (Å²) in [5.41, 5.74) is 2.51. The Balaban J connectivity index is 1.71. The van der Waals surface area contributed by atoms with Gasteiger partial charge in [0.2, 0.25) is 0 Å². The van der Waals surface area contributed by atoms with E-state index in [4.69, 9.17) is 28.0 Å². The molecule has 3 aliphatic heterocycles. The maximum absolute atomic E-state index is 6.25. The van der Waals surface area contributed by atoms with Crippen LogP contribution in [0.1, 0.15) is 37.7 Å². The molecule has 4 bridgehead atoms. The Kier molecular flexibility index (Phi) is 3.83. The van der Waals surface area contributed by atoms with Gasteiger partial charge in [-0.25, -0.2) is 0 Å². The third-order valence-corrected chi connectivity index (χ3v) is 6.22. The average Bonchev–Trinajstić information content (AvgIpc) is 2.93. The zero-order valence-corrected chi connectivity index (χ0v) is 14.1. The predicted octanol–water partition coefficient (Wildman–Crippen LogP) is 4.34. The molecule has 1 unspecified atom stereocenters. The van der Waals surface area contributed by atoms with Gasteiger partial charge in [-0.3, -0.25) is 4.90 Å². The molecule has 3 nitrogen and oxygen atoms in total. The molecule has 3 saturated heterocycles. The summed E-state index contributed by atoms with van der Waals surface area (Å²) in [6.45, 7) is 3.58. The van der Waals surface area contributed by atoms with Gasteiger partial charge in [-0.05, 0) is 49.8 Å². The number of piperidine rings is 1. The zero-order valence-electron chi connectivity index (χ0n) is 12.6. The van der Waals surface area contributed by atoms with Crippen LogP contribution in [-0.4, -0.2) is 35.8 Å². The topological polar surface area (TPSA) is 24.8 Å². The molecule has 118 valence electrons. The molecular weight excluding hydrogens is 319 g/mol. The Bertz CT molecular complexity index is 619. The molecule has 0 saturated carbocycles. The number of hydrogen-bond acceptors (Lipinski definition) is 3. The minimum absolute atomic E-state index is 0.461. The van der Waals surface area contributed by atoms with E-state index in [1.54, 1.807) is 0 Å². The summed E-state index contributed by atoms with van der Waals surface area (Å²) in [4.78, 5) is 8.01. The van der Waals surface area contributed by atoms with Gasteiger partial charge in [0.05, 0.1) is 15.8 Å². The molecule has 1 aromatic carbocycles. The summed E-state index contributed by atoms with van der Waals surface area (Å²) < 4.78 is 0. The molecular formula is C17H20Cl2N2O. The van der Waals surface area contributed by atoms with Gasteiger partial charge in [0.1, 0.15) is 6.61 Å². The number of hydrogen-bond donors (Lipinski definition) is 0. The lowest BCUT2D eigenvalue weighted by atomic mass is 9.77. The summed E-state index contributed by atoms with van der Waals surface area (Å²) in [5.74, 6) is 0.938. The van der Waals surface area contributed by atoms with Gasteiger partial charge < -0.3 is 4.84 Å². The first kappa shape index (κ1) is 14.8. The van der Waals surface area contributed by atoms with E-state index in [1.807, 2.05) is 19.1 Å². The monoisotopic (exact) mass is 338 g/mol. The lowest BCUT2D eigenvalue weighted by Gasteiger charge is -2.36. The van der Waals surface area contributed by atoms with Crippen LogP contribution in [0.5, 0.6) is 0 Å². The maximum atomic E-state index is 6.25. The molecule has 0 aliphatic carbocycles. The van der Waals surface area contributed by atoms with Crippen LogP contribution in [0.25, 0.3) is 0 Å². The fourth-order valence-corrected chi connectivity index (χ4v) is 4.94. The van der Waals surface area contributed by atoms with Crippen LogP contribution in [0.2, 0.25) is 10.0 Å². The number of oxime groups is 1.